The monoisotopic (exact) mass is 276 g/mol. The van der Waals surface area contributed by atoms with Gasteiger partial charge in [0.1, 0.15) is 0 Å². The zero-order valence-electron chi connectivity index (χ0n) is 12.1. The Morgan fingerprint density at radius 2 is 1.95 bits per heavy atom. The molecule has 0 fully saturated rings. The van der Waals surface area contributed by atoms with Gasteiger partial charge in [0, 0.05) is 23.3 Å². The molecule has 0 bridgehead atoms. The zero-order valence-corrected chi connectivity index (χ0v) is 12.9. The Labute approximate surface area is 120 Å². The Morgan fingerprint density at radius 3 is 2.58 bits per heavy atom. The fourth-order valence-electron chi connectivity index (χ4n) is 2.42. The van der Waals surface area contributed by atoms with Gasteiger partial charge in [-0.15, -0.1) is 0 Å². The number of halogens is 1. The van der Waals surface area contributed by atoms with Crippen molar-refractivity contribution in [3.8, 4) is 0 Å². The Bertz CT molecular complexity index is 605. The van der Waals surface area contributed by atoms with Gasteiger partial charge in [-0.25, -0.2) is 0 Å². The molecule has 3 heteroatoms. The number of hydrogen-bond donors (Lipinski definition) is 1. The lowest BCUT2D eigenvalue weighted by atomic mass is 10.0. The first-order chi connectivity index (χ1) is 9.10. The van der Waals surface area contributed by atoms with Crippen molar-refractivity contribution in [2.24, 2.45) is 0 Å². The molecule has 0 saturated heterocycles. The van der Waals surface area contributed by atoms with E-state index in [2.05, 4.69) is 33.0 Å². The molecule has 1 aromatic carbocycles. The lowest BCUT2D eigenvalue weighted by Crippen LogP contribution is -2.06. The third-order valence-corrected chi connectivity index (χ3v) is 3.84. The number of anilines is 1. The number of hydrogen-bond acceptors (Lipinski definition) is 2. The third kappa shape index (κ3) is 2.55. The Kier molecular flexibility index (Phi) is 4.31. The van der Waals surface area contributed by atoms with Crippen LogP contribution in [0.5, 0.6) is 0 Å². The predicted molar refractivity (Wildman–Crippen MR) is 84.4 cm³/mol. The molecule has 0 unspecified atom stereocenters. The summed E-state index contributed by atoms with van der Waals surface area (Å²) in [6, 6.07) is 4.00. The SMILES string of the molecule is CCCNc1c(C)c(CC)nc2c(C)ccc(Cl)c12. The van der Waals surface area contributed by atoms with Gasteiger partial charge in [0.2, 0.25) is 0 Å². The molecular formula is C16H21ClN2. The average molecular weight is 277 g/mol. The molecule has 2 nitrogen and oxygen atoms in total. The minimum atomic E-state index is 0.775. The summed E-state index contributed by atoms with van der Waals surface area (Å²) in [5, 5.41) is 5.36. The molecule has 0 saturated carbocycles. The Balaban J connectivity index is 2.79. The molecule has 0 radical (unpaired) electrons. The van der Waals surface area contributed by atoms with Gasteiger partial charge < -0.3 is 5.32 Å². The van der Waals surface area contributed by atoms with E-state index in [1.165, 1.54) is 11.1 Å². The van der Waals surface area contributed by atoms with Crippen LogP contribution < -0.4 is 5.32 Å². The van der Waals surface area contributed by atoms with E-state index in [1.807, 2.05) is 12.1 Å². The van der Waals surface area contributed by atoms with Crippen LogP contribution in [0.2, 0.25) is 5.02 Å². The normalized spacial score (nSPS) is 11.0. The van der Waals surface area contributed by atoms with Crippen molar-refractivity contribution < 1.29 is 0 Å². The van der Waals surface area contributed by atoms with Gasteiger partial charge in [-0.1, -0.05) is 31.5 Å². The van der Waals surface area contributed by atoms with Crippen molar-refractivity contribution in [3.05, 3.63) is 34.0 Å². The molecule has 2 rings (SSSR count). The molecule has 0 spiro atoms. The maximum atomic E-state index is 6.40. The highest BCUT2D eigenvalue weighted by atomic mass is 35.5. The summed E-state index contributed by atoms with van der Waals surface area (Å²) >= 11 is 6.40. The predicted octanol–water partition coefficient (Wildman–Crippen LogP) is 4.89. The minimum absolute atomic E-state index is 0.775. The largest absolute Gasteiger partial charge is 0.384 e. The van der Waals surface area contributed by atoms with Crippen LogP contribution in [0.15, 0.2) is 12.1 Å². The maximum Gasteiger partial charge on any atom is 0.0770 e. The van der Waals surface area contributed by atoms with E-state index in [9.17, 15) is 0 Å². The van der Waals surface area contributed by atoms with Crippen molar-refractivity contribution in [3.63, 3.8) is 0 Å². The van der Waals surface area contributed by atoms with Crippen LogP contribution in [0.1, 0.15) is 37.1 Å². The molecule has 2 aromatic rings. The lowest BCUT2D eigenvalue weighted by Gasteiger charge is -2.17. The molecule has 1 aromatic heterocycles. The number of aromatic nitrogens is 1. The summed E-state index contributed by atoms with van der Waals surface area (Å²) in [6.45, 7) is 9.48. The molecule has 19 heavy (non-hydrogen) atoms. The van der Waals surface area contributed by atoms with Gasteiger partial charge in [0.05, 0.1) is 10.5 Å². The number of fused-ring (bicyclic) bond motifs is 1. The van der Waals surface area contributed by atoms with Crippen LogP contribution in [-0.4, -0.2) is 11.5 Å². The number of aryl methyl sites for hydroxylation is 2. The Hall–Kier alpha value is -1.28. The molecular weight excluding hydrogens is 256 g/mol. The van der Waals surface area contributed by atoms with Gasteiger partial charge in [-0.2, -0.15) is 0 Å². The van der Waals surface area contributed by atoms with Gasteiger partial charge >= 0.3 is 0 Å². The standard InChI is InChI=1S/C16H21ClN2/c1-5-9-18-16-11(4)13(6-2)19-15-10(3)7-8-12(17)14(15)16/h7-8H,5-6,9H2,1-4H3,(H,18,19). The molecule has 102 valence electrons. The smallest absolute Gasteiger partial charge is 0.0770 e. The van der Waals surface area contributed by atoms with E-state index in [0.29, 0.717) is 0 Å². The number of nitrogens with one attached hydrogen (secondary N) is 1. The molecule has 1 heterocycles. The van der Waals surface area contributed by atoms with E-state index in [1.54, 1.807) is 0 Å². The van der Waals surface area contributed by atoms with Crippen molar-refractivity contribution in [1.29, 1.82) is 0 Å². The number of benzene rings is 1. The third-order valence-electron chi connectivity index (χ3n) is 3.52. The molecule has 0 amide bonds. The highest BCUT2D eigenvalue weighted by Gasteiger charge is 2.14. The second-order valence-corrected chi connectivity index (χ2v) is 5.33. The first-order valence-corrected chi connectivity index (χ1v) is 7.30. The summed E-state index contributed by atoms with van der Waals surface area (Å²) in [5.74, 6) is 0. The van der Waals surface area contributed by atoms with Crippen LogP contribution in [0.4, 0.5) is 5.69 Å². The number of pyridine rings is 1. The topological polar surface area (TPSA) is 24.9 Å². The molecule has 0 atom stereocenters. The van der Waals surface area contributed by atoms with E-state index in [4.69, 9.17) is 16.6 Å². The second-order valence-electron chi connectivity index (χ2n) is 4.93. The summed E-state index contributed by atoms with van der Waals surface area (Å²) in [5.41, 5.74) is 5.71. The van der Waals surface area contributed by atoms with Crippen molar-refractivity contribution >= 4 is 28.2 Å². The molecule has 0 aliphatic heterocycles. The fraction of sp³-hybridized carbons (Fsp3) is 0.438. The maximum absolute atomic E-state index is 6.40. The summed E-state index contributed by atoms with van der Waals surface area (Å²) < 4.78 is 0. The van der Waals surface area contributed by atoms with Crippen LogP contribution >= 0.6 is 11.6 Å². The van der Waals surface area contributed by atoms with E-state index in [0.717, 1.165) is 46.7 Å². The van der Waals surface area contributed by atoms with Crippen molar-refractivity contribution in [2.75, 3.05) is 11.9 Å². The molecule has 1 N–H and O–H groups in total. The second kappa shape index (κ2) is 5.79. The summed E-state index contributed by atoms with van der Waals surface area (Å²) in [7, 11) is 0. The number of rotatable bonds is 4. The lowest BCUT2D eigenvalue weighted by molar-refractivity contribution is 0.970. The van der Waals surface area contributed by atoms with Crippen LogP contribution in [0.3, 0.4) is 0 Å². The fourth-order valence-corrected chi connectivity index (χ4v) is 2.67. The van der Waals surface area contributed by atoms with E-state index in [-0.39, 0.29) is 0 Å². The van der Waals surface area contributed by atoms with Crippen LogP contribution in [-0.2, 0) is 6.42 Å². The van der Waals surface area contributed by atoms with E-state index >= 15 is 0 Å². The average Bonchev–Trinajstić information content (AvgIpc) is 2.41. The zero-order chi connectivity index (χ0) is 14.0. The van der Waals surface area contributed by atoms with Gasteiger partial charge in [-0.3, -0.25) is 4.98 Å². The quantitative estimate of drug-likeness (QED) is 0.860. The van der Waals surface area contributed by atoms with Gasteiger partial charge in [-0.05, 0) is 43.9 Å². The number of nitrogens with zero attached hydrogens (tertiary/aromatic N) is 1. The highest BCUT2D eigenvalue weighted by Crippen LogP contribution is 2.35. The minimum Gasteiger partial charge on any atom is -0.384 e. The van der Waals surface area contributed by atoms with Crippen LogP contribution in [0, 0.1) is 13.8 Å². The highest BCUT2D eigenvalue weighted by molar-refractivity contribution is 6.36. The van der Waals surface area contributed by atoms with Crippen molar-refractivity contribution in [2.45, 2.75) is 40.5 Å². The summed E-state index contributed by atoms with van der Waals surface area (Å²) in [4.78, 5) is 4.80. The molecule has 0 aliphatic rings. The molecule has 0 aliphatic carbocycles. The summed E-state index contributed by atoms with van der Waals surface area (Å²) in [6.07, 6.45) is 2.03. The van der Waals surface area contributed by atoms with Gasteiger partial charge in [0.15, 0.2) is 0 Å². The van der Waals surface area contributed by atoms with Crippen LogP contribution in [0.25, 0.3) is 10.9 Å². The van der Waals surface area contributed by atoms with Gasteiger partial charge in [0.25, 0.3) is 0 Å². The van der Waals surface area contributed by atoms with Crippen molar-refractivity contribution in [1.82, 2.24) is 4.98 Å². The first-order valence-electron chi connectivity index (χ1n) is 6.92. The Morgan fingerprint density at radius 1 is 1.21 bits per heavy atom. The van der Waals surface area contributed by atoms with E-state index < -0.39 is 0 Å². The first kappa shape index (κ1) is 14.1.